The molecule has 1 fully saturated rings. The Balaban J connectivity index is 1.91. The monoisotopic (exact) mass is 281 g/mol. The smallest absolute Gasteiger partial charge is 0.228 e. The quantitative estimate of drug-likeness (QED) is 0.832. The van der Waals surface area contributed by atoms with Crippen molar-refractivity contribution in [2.24, 2.45) is 5.92 Å². The Labute approximate surface area is 121 Å². The van der Waals surface area contributed by atoms with Crippen LogP contribution in [-0.4, -0.2) is 29.8 Å². The molecule has 5 nitrogen and oxygen atoms in total. The molecule has 1 aromatic heterocycles. The fourth-order valence-corrected chi connectivity index (χ4v) is 2.90. The second-order valence-corrected chi connectivity index (χ2v) is 5.96. The molecule has 5 heteroatoms. The predicted octanol–water partition coefficient (Wildman–Crippen LogP) is 2.88. The number of rotatable bonds is 7. The zero-order chi connectivity index (χ0) is 14.4. The lowest BCUT2D eigenvalue weighted by atomic mass is 9.85. The van der Waals surface area contributed by atoms with Gasteiger partial charge in [-0.3, -0.25) is 0 Å². The van der Waals surface area contributed by atoms with Crippen LogP contribution in [0.2, 0.25) is 0 Å². The zero-order valence-electron chi connectivity index (χ0n) is 12.9. The van der Waals surface area contributed by atoms with Gasteiger partial charge in [-0.05, 0) is 18.8 Å². The second kappa shape index (κ2) is 7.74. The zero-order valence-corrected chi connectivity index (χ0v) is 12.9. The van der Waals surface area contributed by atoms with E-state index >= 15 is 0 Å². The third-order valence-corrected chi connectivity index (χ3v) is 3.96. The second-order valence-electron chi connectivity index (χ2n) is 5.96. The predicted molar refractivity (Wildman–Crippen MR) is 77.5 cm³/mol. The van der Waals surface area contributed by atoms with E-state index in [0.29, 0.717) is 17.9 Å². The molecule has 0 saturated heterocycles. The van der Waals surface area contributed by atoms with Crippen molar-refractivity contribution in [1.29, 1.82) is 0 Å². The van der Waals surface area contributed by atoms with Gasteiger partial charge in [-0.15, -0.1) is 0 Å². The molecule has 0 radical (unpaired) electrons. The van der Waals surface area contributed by atoms with Crippen molar-refractivity contribution in [2.45, 2.75) is 64.5 Å². The molecule has 0 spiro atoms. The van der Waals surface area contributed by atoms with E-state index in [2.05, 4.69) is 29.3 Å². The van der Waals surface area contributed by atoms with Crippen LogP contribution in [0.1, 0.15) is 63.8 Å². The van der Waals surface area contributed by atoms with Crippen molar-refractivity contribution in [3.63, 3.8) is 0 Å². The summed E-state index contributed by atoms with van der Waals surface area (Å²) in [6.07, 6.45) is 7.08. The number of nitrogens with zero attached hydrogens (tertiary/aromatic N) is 2. The van der Waals surface area contributed by atoms with Gasteiger partial charge in [0.2, 0.25) is 11.7 Å². The van der Waals surface area contributed by atoms with Gasteiger partial charge in [0.15, 0.2) is 0 Å². The number of aromatic nitrogens is 2. The highest BCUT2D eigenvalue weighted by atomic mass is 16.5. The molecule has 1 N–H and O–H groups in total. The molecular weight excluding hydrogens is 254 g/mol. The molecule has 1 atom stereocenters. The first-order valence-electron chi connectivity index (χ1n) is 7.79. The Morgan fingerprint density at radius 2 is 2.05 bits per heavy atom. The van der Waals surface area contributed by atoms with Crippen molar-refractivity contribution in [1.82, 2.24) is 15.5 Å². The van der Waals surface area contributed by atoms with E-state index in [1.54, 1.807) is 7.11 Å². The molecular formula is C15H27N3O2. The fourth-order valence-electron chi connectivity index (χ4n) is 2.90. The molecule has 1 aromatic rings. The van der Waals surface area contributed by atoms with E-state index < -0.39 is 0 Å². The first-order valence-corrected chi connectivity index (χ1v) is 7.79. The Hall–Kier alpha value is -0.940. The van der Waals surface area contributed by atoms with Crippen molar-refractivity contribution < 1.29 is 9.26 Å². The van der Waals surface area contributed by atoms with Crippen LogP contribution in [0.3, 0.4) is 0 Å². The summed E-state index contributed by atoms with van der Waals surface area (Å²) < 4.78 is 11.0. The van der Waals surface area contributed by atoms with Gasteiger partial charge < -0.3 is 14.6 Å². The highest BCUT2D eigenvalue weighted by molar-refractivity contribution is 4.95. The maximum absolute atomic E-state index is 5.63. The lowest BCUT2D eigenvalue weighted by Crippen LogP contribution is -2.25. The maximum atomic E-state index is 5.63. The summed E-state index contributed by atoms with van der Waals surface area (Å²) in [5, 5.41) is 7.47. The number of hydrogen-bond donors (Lipinski definition) is 1. The topological polar surface area (TPSA) is 60.2 Å². The van der Waals surface area contributed by atoms with E-state index in [-0.39, 0.29) is 6.10 Å². The number of hydrogen-bond acceptors (Lipinski definition) is 5. The Morgan fingerprint density at radius 3 is 2.70 bits per heavy atom. The molecule has 0 aromatic carbocycles. The van der Waals surface area contributed by atoms with Crippen LogP contribution in [0.15, 0.2) is 4.52 Å². The first kappa shape index (κ1) is 15.4. The molecule has 1 aliphatic carbocycles. The lowest BCUT2D eigenvalue weighted by molar-refractivity contribution is 0.0273. The first-order chi connectivity index (χ1) is 9.70. The Morgan fingerprint density at radius 1 is 1.30 bits per heavy atom. The Bertz CT molecular complexity index is 386. The average molecular weight is 281 g/mol. The molecule has 2 rings (SSSR count). The molecule has 114 valence electrons. The molecule has 0 bridgehead atoms. The SMILES string of the molecule is COC(c1noc(CCNC(C)C)n1)C1CCCCC1. The number of ether oxygens (including phenoxy) is 1. The molecule has 1 heterocycles. The minimum absolute atomic E-state index is 0.00846. The third kappa shape index (κ3) is 4.28. The van der Waals surface area contributed by atoms with Gasteiger partial charge in [-0.25, -0.2) is 0 Å². The highest BCUT2D eigenvalue weighted by Gasteiger charge is 2.28. The van der Waals surface area contributed by atoms with Gasteiger partial charge in [0.1, 0.15) is 6.10 Å². The summed E-state index contributed by atoms with van der Waals surface area (Å²) in [5.41, 5.74) is 0. The summed E-state index contributed by atoms with van der Waals surface area (Å²) in [5.74, 6) is 1.96. The van der Waals surface area contributed by atoms with E-state index in [9.17, 15) is 0 Å². The van der Waals surface area contributed by atoms with Gasteiger partial charge in [-0.1, -0.05) is 38.3 Å². The average Bonchev–Trinajstić information content (AvgIpc) is 2.89. The van der Waals surface area contributed by atoms with Crippen LogP contribution in [-0.2, 0) is 11.2 Å². The maximum Gasteiger partial charge on any atom is 0.228 e. The van der Waals surface area contributed by atoms with E-state index in [4.69, 9.17) is 9.26 Å². The molecule has 1 aliphatic rings. The van der Waals surface area contributed by atoms with Crippen LogP contribution in [0.4, 0.5) is 0 Å². The Kier molecular flexibility index (Phi) is 5.98. The molecule has 0 amide bonds. The van der Waals surface area contributed by atoms with Crippen LogP contribution in [0, 0.1) is 5.92 Å². The van der Waals surface area contributed by atoms with E-state index in [0.717, 1.165) is 18.8 Å². The fraction of sp³-hybridized carbons (Fsp3) is 0.867. The van der Waals surface area contributed by atoms with Gasteiger partial charge >= 0.3 is 0 Å². The standard InChI is InChI=1S/C15H27N3O2/c1-11(2)16-10-9-13-17-15(18-20-13)14(19-3)12-7-5-4-6-8-12/h11-12,14,16H,4-10H2,1-3H3. The molecule has 1 saturated carbocycles. The normalized spacial score (nSPS) is 18.6. The van der Waals surface area contributed by atoms with Gasteiger partial charge in [0.25, 0.3) is 0 Å². The lowest BCUT2D eigenvalue weighted by Gasteiger charge is -2.26. The number of nitrogens with one attached hydrogen (secondary N) is 1. The van der Waals surface area contributed by atoms with Crippen LogP contribution >= 0.6 is 0 Å². The number of methoxy groups -OCH3 is 1. The van der Waals surface area contributed by atoms with Crippen molar-refractivity contribution in [3.05, 3.63) is 11.7 Å². The summed E-state index contributed by atoms with van der Waals surface area (Å²) in [6.45, 7) is 5.12. The van der Waals surface area contributed by atoms with Crippen molar-refractivity contribution in [2.75, 3.05) is 13.7 Å². The molecule has 20 heavy (non-hydrogen) atoms. The summed E-state index contributed by atoms with van der Waals surface area (Å²) in [6, 6.07) is 0.478. The van der Waals surface area contributed by atoms with Crippen molar-refractivity contribution >= 4 is 0 Å². The van der Waals surface area contributed by atoms with Gasteiger partial charge in [0.05, 0.1) is 0 Å². The third-order valence-electron chi connectivity index (χ3n) is 3.96. The minimum Gasteiger partial charge on any atom is -0.373 e. The van der Waals surface area contributed by atoms with E-state index in [1.165, 1.54) is 32.1 Å². The van der Waals surface area contributed by atoms with Crippen LogP contribution in [0.5, 0.6) is 0 Å². The van der Waals surface area contributed by atoms with E-state index in [1.807, 2.05) is 0 Å². The molecule has 0 aliphatic heterocycles. The van der Waals surface area contributed by atoms with Crippen LogP contribution in [0.25, 0.3) is 0 Å². The highest BCUT2D eigenvalue weighted by Crippen LogP contribution is 2.35. The van der Waals surface area contributed by atoms with Crippen LogP contribution < -0.4 is 5.32 Å². The van der Waals surface area contributed by atoms with Gasteiger partial charge in [0, 0.05) is 26.1 Å². The summed E-state index contributed by atoms with van der Waals surface area (Å²) in [4.78, 5) is 4.51. The largest absolute Gasteiger partial charge is 0.373 e. The molecule has 1 unspecified atom stereocenters. The van der Waals surface area contributed by atoms with Gasteiger partial charge in [-0.2, -0.15) is 4.98 Å². The van der Waals surface area contributed by atoms with Crippen molar-refractivity contribution in [3.8, 4) is 0 Å². The summed E-state index contributed by atoms with van der Waals surface area (Å²) >= 11 is 0. The minimum atomic E-state index is -0.00846. The summed E-state index contributed by atoms with van der Waals surface area (Å²) in [7, 11) is 1.75.